The van der Waals surface area contributed by atoms with Crippen LogP contribution < -0.4 is 5.73 Å². The van der Waals surface area contributed by atoms with Gasteiger partial charge < -0.3 is 10.8 Å². The summed E-state index contributed by atoms with van der Waals surface area (Å²) in [6, 6.07) is 0. The van der Waals surface area contributed by atoms with Crippen molar-refractivity contribution in [3.8, 4) is 0 Å². The largest absolute Gasteiger partial charge is 0.393 e. The Morgan fingerprint density at radius 1 is 1.12 bits per heavy atom. The van der Waals surface area contributed by atoms with E-state index >= 15 is 0 Å². The van der Waals surface area contributed by atoms with Gasteiger partial charge in [-0.2, -0.15) is 0 Å². The van der Waals surface area contributed by atoms with Gasteiger partial charge in [-0.15, -0.1) is 0 Å². The fourth-order valence-corrected chi connectivity index (χ4v) is 2.99. The van der Waals surface area contributed by atoms with Crippen LogP contribution in [0.5, 0.6) is 0 Å². The van der Waals surface area contributed by atoms with Gasteiger partial charge >= 0.3 is 0 Å². The maximum absolute atomic E-state index is 10.4. The topological polar surface area (TPSA) is 46.2 Å². The van der Waals surface area contributed by atoms with Crippen molar-refractivity contribution < 1.29 is 5.11 Å². The number of unbranched alkanes of at least 4 members (excludes halogenated alkanes) is 1. The Hall–Kier alpha value is -0.0800. The maximum atomic E-state index is 10.4. The molecule has 0 saturated heterocycles. The van der Waals surface area contributed by atoms with Crippen molar-refractivity contribution in [2.75, 3.05) is 6.54 Å². The molecule has 0 spiro atoms. The number of nitrogens with two attached hydrogens (primary N) is 1. The summed E-state index contributed by atoms with van der Waals surface area (Å²) in [4.78, 5) is 0. The Balaban J connectivity index is 2.56. The standard InChI is InChI=1S/C14H29NO/c1-2-3-9-13(16)14(12-15)10-7-5-4-6-8-11-14/h13,16H,2-12,15H2,1H3. The fourth-order valence-electron chi connectivity index (χ4n) is 2.99. The zero-order valence-corrected chi connectivity index (χ0v) is 10.9. The van der Waals surface area contributed by atoms with Gasteiger partial charge in [0, 0.05) is 12.0 Å². The molecule has 0 amide bonds. The molecule has 0 radical (unpaired) electrons. The first kappa shape index (κ1) is 14.0. The number of aliphatic hydroxyl groups is 1. The summed E-state index contributed by atoms with van der Waals surface area (Å²) >= 11 is 0. The van der Waals surface area contributed by atoms with Gasteiger partial charge in [-0.05, 0) is 19.3 Å². The van der Waals surface area contributed by atoms with E-state index in [2.05, 4.69) is 6.92 Å². The number of hydrogen-bond acceptors (Lipinski definition) is 2. The van der Waals surface area contributed by atoms with Crippen molar-refractivity contribution in [3.05, 3.63) is 0 Å². The van der Waals surface area contributed by atoms with Crippen molar-refractivity contribution in [1.82, 2.24) is 0 Å². The van der Waals surface area contributed by atoms with Crippen molar-refractivity contribution in [2.24, 2.45) is 11.1 Å². The average Bonchev–Trinajstić information content (AvgIpc) is 2.26. The molecular weight excluding hydrogens is 198 g/mol. The molecule has 1 fully saturated rings. The van der Waals surface area contributed by atoms with E-state index in [-0.39, 0.29) is 11.5 Å². The van der Waals surface area contributed by atoms with Crippen LogP contribution in [-0.2, 0) is 0 Å². The van der Waals surface area contributed by atoms with Crippen LogP contribution in [0, 0.1) is 5.41 Å². The minimum absolute atomic E-state index is 0.0373. The predicted octanol–water partition coefficient (Wildman–Crippen LogP) is 3.23. The van der Waals surface area contributed by atoms with Gasteiger partial charge in [0.25, 0.3) is 0 Å². The summed E-state index contributed by atoms with van der Waals surface area (Å²) in [5.74, 6) is 0. The maximum Gasteiger partial charge on any atom is 0.0608 e. The lowest BCUT2D eigenvalue weighted by Gasteiger charge is -2.38. The fraction of sp³-hybridized carbons (Fsp3) is 1.00. The zero-order valence-electron chi connectivity index (χ0n) is 10.9. The Bertz CT molecular complexity index is 174. The molecule has 96 valence electrons. The van der Waals surface area contributed by atoms with Gasteiger partial charge in [-0.3, -0.25) is 0 Å². The van der Waals surface area contributed by atoms with E-state index in [1.165, 1.54) is 32.1 Å². The monoisotopic (exact) mass is 227 g/mol. The minimum atomic E-state index is -0.171. The molecule has 2 nitrogen and oxygen atoms in total. The van der Waals surface area contributed by atoms with Crippen LogP contribution in [-0.4, -0.2) is 17.8 Å². The predicted molar refractivity (Wildman–Crippen MR) is 69.3 cm³/mol. The second-order valence-corrected chi connectivity index (χ2v) is 5.49. The molecule has 0 aromatic rings. The first-order chi connectivity index (χ1) is 7.75. The van der Waals surface area contributed by atoms with Crippen molar-refractivity contribution >= 4 is 0 Å². The molecule has 0 aliphatic heterocycles. The zero-order chi connectivity index (χ0) is 11.9. The van der Waals surface area contributed by atoms with Crippen LogP contribution >= 0.6 is 0 Å². The molecule has 0 bridgehead atoms. The molecular formula is C14H29NO. The Labute approximate surface area is 101 Å². The van der Waals surface area contributed by atoms with Crippen molar-refractivity contribution in [3.63, 3.8) is 0 Å². The SMILES string of the molecule is CCCCC(O)C1(CN)CCCCCCC1. The molecule has 0 aromatic heterocycles. The van der Waals surface area contributed by atoms with Crippen LogP contribution in [0.2, 0.25) is 0 Å². The molecule has 0 aromatic carbocycles. The summed E-state index contributed by atoms with van der Waals surface area (Å²) in [5.41, 5.74) is 6.01. The highest BCUT2D eigenvalue weighted by Gasteiger charge is 2.35. The molecule has 1 atom stereocenters. The second-order valence-electron chi connectivity index (χ2n) is 5.49. The Kier molecular flexibility index (Phi) is 6.37. The molecule has 1 rings (SSSR count). The number of rotatable bonds is 5. The van der Waals surface area contributed by atoms with Crippen molar-refractivity contribution in [2.45, 2.75) is 77.2 Å². The summed E-state index contributed by atoms with van der Waals surface area (Å²) < 4.78 is 0. The van der Waals surface area contributed by atoms with Gasteiger partial charge in [-0.1, -0.05) is 51.9 Å². The highest BCUT2D eigenvalue weighted by atomic mass is 16.3. The van der Waals surface area contributed by atoms with Crippen LogP contribution in [0.4, 0.5) is 0 Å². The van der Waals surface area contributed by atoms with Crippen LogP contribution in [0.25, 0.3) is 0 Å². The normalized spacial score (nSPS) is 23.4. The molecule has 1 saturated carbocycles. The summed E-state index contributed by atoms with van der Waals surface area (Å²) in [5, 5.41) is 10.4. The molecule has 2 heteroatoms. The van der Waals surface area contributed by atoms with Gasteiger partial charge in [0.05, 0.1) is 6.10 Å². The molecule has 16 heavy (non-hydrogen) atoms. The Morgan fingerprint density at radius 3 is 2.19 bits per heavy atom. The lowest BCUT2D eigenvalue weighted by molar-refractivity contribution is 0.00324. The van der Waals surface area contributed by atoms with Crippen LogP contribution in [0.3, 0.4) is 0 Å². The van der Waals surface area contributed by atoms with E-state index in [4.69, 9.17) is 5.73 Å². The van der Waals surface area contributed by atoms with E-state index < -0.39 is 0 Å². The van der Waals surface area contributed by atoms with Crippen molar-refractivity contribution in [1.29, 1.82) is 0 Å². The molecule has 3 N–H and O–H groups in total. The number of aliphatic hydroxyl groups excluding tert-OH is 1. The van der Waals surface area contributed by atoms with Gasteiger partial charge in [-0.25, -0.2) is 0 Å². The van der Waals surface area contributed by atoms with E-state index in [0.717, 1.165) is 32.1 Å². The van der Waals surface area contributed by atoms with E-state index in [0.29, 0.717) is 6.54 Å². The lowest BCUT2D eigenvalue weighted by Crippen LogP contribution is -2.42. The third-order valence-electron chi connectivity index (χ3n) is 4.29. The van der Waals surface area contributed by atoms with Gasteiger partial charge in [0.2, 0.25) is 0 Å². The van der Waals surface area contributed by atoms with E-state index in [9.17, 15) is 5.11 Å². The number of hydrogen-bond donors (Lipinski definition) is 2. The minimum Gasteiger partial charge on any atom is -0.393 e. The second kappa shape index (κ2) is 7.29. The lowest BCUT2D eigenvalue weighted by atomic mass is 9.71. The smallest absolute Gasteiger partial charge is 0.0608 e. The Morgan fingerprint density at radius 2 is 1.69 bits per heavy atom. The highest BCUT2D eigenvalue weighted by molar-refractivity contribution is 4.88. The van der Waals surface area contributed by atoms with E-state index in [1.54, 1.807) is 0 Å². The quantitative estimate of drug-likeness (QED) is 0.757. The highest BCUT2D eigenvalue weighted by Crippen LogP contribution is 2.38. The van der Waals surface area contributed by atoms with Gasteiger partial charge in [0.1, 0.15) is 0 Å². The first-order valence-electron chi connectivity index (χ1n) is 7.13. The summed E-state index contributed by atoms with van der Waals surface area (Å²) in [6.45, 7) is 2.85. The molecule has 0 heterocycles. The third-order valence-corrected chi connectivity index (χ3v) is 4.29. The molecule has 1 aliphatic carbocycles. The first-order valence-corrected chi connectivity index (χ1v) is 7.13. The summed E-state index contributed by atoms with van der Waals surface area (Å²) in [6.07, 6.45) is 11.8. The third kappa shape index (κ3) is 3.74. The van der Waals surface area contributed by atoms with Crippen LogP contribution in [0.1, 0.15) is 71.1 Å². The molecule has 1 unspecified atom stereocenters. The molecule has 1 aliphatic rings. The average molecular weight is 227 g/mol. The van der Waals surface area contributed by atoms with Gasteiger partial charge in [0.15, 0.2) is 0 Å². The summed E-state index contributed by atoms with van der Waals surface area (Å²) in [7, 11) is 0. The van der Waals surface area contributed by atoms with E-state index in [1.807, 2.05) is 0 Å². The van der Waals surface area contributed by atoms with Crippen LogP contribution in [0.15, 0.2) is 0 Å².